The van der Waals surface area contributed by atoms with Crippen molar-refractivity contribution >= 4 is 0 Å². The van der Waals surface area contributed by atoms with Gasteiger partial charge in [-0.15, -0.1) is 0 Å². The molecule has 0 amide bonds. The Kier molecular flexibility index (Phi) is 3.86. The molecule has 0 fully saturated rings. The van der Waals surface area contributed by atoms with Crippen molar-refractivity contribution in [3.8, 4) is 0 Å². The van der Waals surface area contributed by atoms with Crippen LogP contribution in [0.5, 0.6) is 0 Å². The molecule has 0 spiro atoms. The van der Waals surface area contributed by atoms with E-state index in [9.17, 15) is 0 Å². The van der Waals surface area contributed by atoms with Gasteiger partial charge in [0.1, 0.15) is 13.2 Å². The van der Waals surface area contributed by atoms with Crippen molar-refractivity contribution in [3.05, 3.63) is 7.11 Å². The largest absolute Gasteiger partial charge is 0.580 e. The van der Waals surface area contributed by atoms with E-state index in [-0.39, 0.29) is 6.61 Å². The SMILES string of the molecule is [CH2-][OH+]CCO. The molecule has 0 saturated heterocycles. The van der Waals surface area contributed by atoms with Gasteiger partial charge < -0.3 is 9.84 Å². The Bertz CT molecular complexity index is 12.4. The van der Waals surface area contributed by atoms with Crippen molar-refractivity contribution in [3.63, 3.8) is 0 Å². The van der Waals surface area contributed by atoms with Crippen LogP contribution in [-0.2, 0) is 0 Å². The highest BCUT2D eigenvalue weighted by molar-refractivity contribution is 4.14. The zero-order valence-corrected chi connectivity index (χ0v) is 3.02. The Morgan fingerprint density at radius 1 is 1.80 bits per heavy atom. The van der Waals surface area contributed by atoms with E-state index in [2.05, 4.69) is 11.8 Å². The summed E-state index contributed by atoms with van der Waals surface area (Å²) < 4.78 is 3.35. The Balaban J connectivity index is 2.19. The van der Waals surface area contributed by atoms with E-state index >= 15 is 0 Å². The first-order valence-corrected chi connectivity index (χ1v) is 1.45. The second-order valence-corrected chi connectivity index (χ2v) is 0.671. The van der Waals surface area contributed by atoms with Gasteiger partial charge in [-0.2, -0.15) is 0 Å². The zero-order chi connectivity index (χ0) is 4.12. The normalized spacial score (nSPS) is 8.40. The maximum absolute atomic E-state index is 7.93. The Hall–Kier alpha value is -0.0800. The lowest BCUT2D eigenvalue weighted by Crippen LogP contribution is -1.94. The standard InChI is InChI=1S/C3H8O2/c1-5-3-2-4/h4-5H,1-3H2. The van der Waals surface area contributed by atoms with E-state index in [0.29, 0.717) is 6.61 Å². The van der Waals surface area contributed by atoms with Gasteiger partial charge in [-0.05, 0) is 0 Å². The molecule has 0 aliphatic carbocycles. The Morgan fingerprint density at radius 2 is 2.40 bits per heavy atom. The van der Waals surface area contributed by atoms with Gasteiger partial charge in [-0.3, -0.25) is 0 Å². The highest BCUT2D eigenvalue weighted by Crippen LogP contribution is 1.53. The van der Waals surface area contributed by atoms with Gasteiger partial charge in [0.05, 0.1) is 0 Å². The maximum atomic E-state index is 7.93. The summed E-state index contributed by atoms with van der Waals surface area (Å²) >= 11 is 0. The van der Waals surface area contributed by atoms with Crippen molar-refractivity contribution in [1.82, 2.24) is 0 Å². The first-order valence-electron chi connectivity index (χ1n) is 1.45. The summed E-state index contributed by atoms with van der Waals surface area (Å²) in [6, 6.07) is 0. The van der Waals surface area contributed by atoms with E-state index in [1.54, 1.807) is 0 Å². The molecule has 0 saturated carbocycles. The van der Waals surface area contributed by atoms with Crippen LogP contribution in [0, 0.1) is 7.11 Å². The van der Waals surface area contributed by atoms with Crippen molar-refractivity contribution in [2.24, 2.45) is 0 Å². The van der Waals surface area contributed by atoms with Crippen LogP contribution in [0.1, 0.15) is 0 Å². The first kappa shape index (κ1) is 4.92. The molecular weight excluding hydrogens is 68.0 g/mol. The third-order valence-corrected chi connectivity index (χ3v) is 0.258. The van der Waals surface area contributed by atoms with Gasteiger partial charge in [0.25, 0.3) is 0 Å². The summed E-state index contributed by atoms with van der Waals surface area (Å²) in [7, 11) is 3.14. The molecule has 0 aromatic rings. The van der Waals surface area contributed by atoms with Crippen LogP contribution in [0.15, 0.2) is 0 Å². The van der Waals surface area contributed by atoms with Crippen LogP contribution in [0.2, 0.25) is 0 Å². The summed E-state index contributed by atoms with van der Waals surface area (Å²) in [5.41, 5.74) is 0. The minimum Gasteiger partial charge on any atom is -0.580 e. The molecular formula is C3H8O2. The van der Waals surface area contributed by atoms with Gasteiger partial charge in [0.15, 0.2) is 0 Å². The fourth-order valence-electron chi connectivity index (χ4n) is 0.0707. The van der Waals surface area contributed by atoms with Crippen LogP contribution in [-0.4, -0.2) is 23.1 Å². The number of ether oxygens (including phenoxy) is 1. The minimum absolute atomic E-state index is 0.115. The molecule has 0 heterocycles. The summed E-state index contributed by atoms with van der Waals surface area (Å²) in [6.07, 6.45) is 0. The highest BCUT2D eigenvalue weighted by atomic mass is 16.5. The predicted molar refractivity (Wildman–Crippen MR) is 19.5 cm³/mol. The average molecular weight is 76.1 g/mol. The van der Waals surface area contributed by atoms with Gasteiger partial charge in [0.2, 0.25) is 0 Å². The minimum atomic E-state index is 0.115. The van der Waals surface area contributed by atoms with Crippen LogP contribution in [0.3, 0.4) is 0 Å². The van der Waals surface area contributed by atoms with Gasteiger partial charge in [-0.25, -0.2) is 0 Å². The summed E-state index contributed by atoms with van der Waals surface area (Å²) in [4.78, 5) is 0. The van der Waals surface area contributed by atoms with Gasteiger partial charge >= 0.3 is 0 Å². The van der Waals surface area contributed by atoms with Crippen LogP contribution < -0.4 is 0 Å². The lowest BCUT2D eigenvalue weighted by Gasteiger charge is -1.90. The quantitative estimate of drug-likeness (QED) is 0.342. The lowest BCUT2D eigenvalue weighted by atomic mass is 10.8. The molecule has 0 unspecified atom stereocenters. The third-order valence-electron chi connectivity index (χ3n) is 0.258. The molecule has 0 aliphatic heterocycles. The van der Waals surface area contributed by atoms with E-state index in [1.807, 2.05) is 0 Å². The summed E-state index contributed by atoms with van der Waals surface area (Å²) in [5, 5.41) is 7.93. The van der Waals surface area contributed by atoms with Crippen molar-refractivity contribution in [2.45, 2.75) is 0 Å². The van der Waals surface area contributed by atoms with Crippen molar-refractivity contribution < 1.29 is 9.84 Å². The molecule has 0 aromatic carbocycles. The second-order valence-electron chi connectivity index (χ2n) is 0.671. The van der Waals surface area contributed by atoms with E-state index in [4.69, 9.17) is 5.11 Å². The van der Waals surface area contributed by atoms with Crippen LogP contribution in [0.4, 0.5) is 0 Å². The molecule has 0 aliphatic rings. The van der Waals surface area contributed by atoms with E-state index in [0.717, 1.165) is 0 Å². The Labute approximate surface area is 31.4 Å². The van der Waals surface area contributed by atoms with Crippen LogP contribution >= 0.6 is 0 Å². The van der Waals surface area contributed by atoms with Crippen LogP contribution in [0.25, 0.3) is 0 Å². The zero-order valence-electron chi connectivity index (χ0n) is 3.02. The average Bonchev–Trinajstić information content (AvgIpc) is 1.41. The molecule has 2 heteroatoms. The molecule has 0 bridgehead atoms. The van der Waals surface area contributed by atoms with Crippen molar-refractivity contribution in [2.75, 3.05) is 13.2 Å². The molecule has 2 nitrogen and oxygen atoms in total. The molecule has 5 heavy (non-hydrogen) atoms. The topological polar surface area (TPSA) is 33.0 Å². The lowest BCUT2D eigenvalue weighted by molar-refractivity contribution is 0.0256. The summed E-state index contributed by atoms with van der Waals surface area (Å²) in [5.74, 6) is 0. The van der Waals surface area contributed by atoms with Crippen molar-refractivity contribution in [1.29, 1.82) is 0 Å². The number of aliphatic hydroxyl groups is 3. The second kappa shape index (κ2) is 3.92. The molecule has 0 rings (SSSR count). The molecule has 32 valence electrons. The van der Waals surface area contributed by atoms with E-state index in [1.165, 1.54) is 0 Å². The number of aliphatic hydroxyl groups excluding tert-OH is 1. The number of hydrogen-bond acceptors (Lipinski definition) is 1. The molecule has 2 N–H and O–H groups in total. The predicted octanol–water partition coefficient (Wildman–Crippen LogP) is -0.702. The number of hydrogen-bond donors (Lipinski definition) is 1. The maximum Gasteiger partial charge on any atom is 0.142 e. The monoisotopic (exact) mass is 76.1 g/mol. The molecule has 0 aromatic heterocycles. The van der Waals surface area contributed by atoms with E-state index < -0.39 is 0 Å². The van der Waals surface area contributed by atoms with Gasteiger partial charge in [0, 0.05) is 0 Å². The third kappa shape index (κ3) is 3.92. The Morgan fingerprint density at radius 3 is 2.40 bits per heavy atom. The van der Waals surface area contributed by atoms with Gasteiger partial charge in [-0.1, -0.05) is 7.11 Å². The fraction of sp³-hybridized carbons (Fsp3) is 0.667. The highest BCUT2D eigenvalue weighted by Gasteiger charge is 1.67. The first-order chi connectivity index (χ1) is 2.41. The smallest absolute Gasteiger partial charge is 0.142 e. The molecule has 0 atom stereocenters. The number of rotatable bonds is 2. The molecule has 0 radical (unpaired) electrons. The summed E-state index contributed by atoms with van der Waals surface area (Å²) in [6.45, 7) is 0.573. The fourth-order valence-corrected chi connectivity index (χ4v) is 0.0707.